The monoisotopic (exact) mass is 330 g/mol. The van der Waals surface area contributed by atoms with Gasteiger partial charge in [0, 0.05) is 26.2 Å². The van der Waals surface area contributed by atoms with Gasteiger partial charge in [-0.3, -0.25) is 0 Å². The van der Waals surface area contributed by atoms with Gasteiger partial charge in [0.15, 0.2) is 0 Å². The fraction of sp³-hybridized carbons (Fsp3) is 0.556. The Hall–Kier alpha value is -2.08. The normalized spacial score (nSPS) is 18.1. The lowest BCUT2D eigenvalue weighted by Crippen LogP contribution is -2.47. The molecule has 3 rings (SSSR count). The average molecular weight is 330 g/mol. The molecule has 1 unspecified atom stereocenters. The average Bonchev–Trinajstić information content (AvgIpc) is 2.97. The highest BCUT2D eigenvalue weighted by Crippen LogP contribution is 2.15. The van der Waals surface area contributed by atoms with Crippen LogP contribution in [-0.4, -0.2) is 46.7 Å². The summed E-state index contributed by atoms with van der Waals surface area (Å²) in [7, 11) is 0. The van der Waals surface area contributed by atoms with Gasteiger partial charge >= 0.3 is 6.03 Å². The Bertz CT molecular complexity index is 697. The summed E-state index contributed by atoms with van der Waals surface area (Å²) in [6.07, 6.45) is 3.23. The smallest absolute Gasteiger partial charge is 0.317 e. The third-order valence-corrected chi connectivity index (χ3v) is 4.33. The first-order valence-electron chi connectivity index (χ1n) is 8.75. The number of piperidine rings is 1. The summed E-state index contributed by atoms with van der Waals surface area (Å²) in [5.41, 5.74) is 3.02. The SMILES string of the molecule is CCCOC1CCCN(C(=O)NCc2ccc3nc(C)[nH]c3c2)C1. The number of nitrogens with one attached hydrogen (secondary N) is 2. The van der Waals surface area contributed by atoms with Gasteiger partial charge in [-0.1, -0.05) is 13.0 Å². The van der Waals surface area contributed by atoms with Crippen LogP contribution in [0.4, 0.5) is 4.79 Å². The molecule has 2 heterocycles. The van der Waals surface area contributed by atoms with Gasteiger partial charge in [0.1, 0.15) is 5.82 Å². The number of H-pyrrole nitrogens is 1. The maximum absolute atomic E-state index is 12.4. The lowest BCUT2D eigenvalue weighted by Gasteiger charge is -2.32. The van der Waals surface area contributed by atoms with E-state index in [1.165, 1.54) is 0 Å². The molecule has 1 saturated heterocycles. The fourth-order valence-corrected chi connectivity index (χ4v) is 3.13. The first-order chi connectivity index (χ1) is 11.7. The molecule has 1 aliphatic heterocycles. The van der Waals surface area contributed by atoms with Gasteiger partial charge in [-0.2, -0.15) is 0 Å². The van der Waals surface area contributed by atoms with Gasteiger partial charge in [0.05, 0.1) is 17.1 Å². The number of aromatic amines is 1. The maximum atomic E-state index is 12.4. The summed E-state index contributed by atoms with van der Waals surface area (Å²) in [6.45, 7) is 6.81. The molecule has 1 aliphatic rings. The summed E-state index contributed by atoms with van der Waals surface area (Å²) in [6, 6.07) is 6.02. The second kappa shape index (κ2) is 7.66. The number of nitrogens with zero attached hydrogens (tertiary/aromatic N) is 2. The molecule has 2 N–H and O–H groups in total. The van der Waals surface area contributed by atoms with Crippen LogP contribution in [-0.2, 0) is 11.3 Å². The van der Waals surface area contributed by atoms with Crippen molar-refractivity contribution in [2.75, 3.05) is 19.7 Å². The number of carbonyl (C=O) groups is 1. The van der Waals surface area contributed by atoms with Crippen LogP contribution in [0.25, 0.3) is 11.0 Å². The number of aromatic nitrogens is 2. The van der Waals surface area contributed by atoms with Crippen molar-refractivity contribution in [1.29, 1.82) is 0 Å². The van der Waals surface area contributed by atoms with E-state index in [0.717, 1.165) is 54.8 Å². The molecule has 1 fully saturated rings. The van der Waals surface area contributed by atoms with Crippen molar-refractivity contribution >= 4 is 17.1 Å². The third-order valence-electron chi connectivity index (χ3n) is 4.33. The van der Waals surface area contributed by atoms with Crippen LogP contribution in [0.3, 0.4) is 0 Å². The second-order valence-corrected chi connectivity index (χ2v) is 6.41. The molecule has 1 aromatic heterocycles. The van der Waals surface area contributed by atoms with Crippen molar-refractivity contribution < 1.29 is 9.53 Å². The van der Waals surface area contributed by atoms with Crippen LogP contribution in [0.15, 0.2) is 18.2 Å². The van der Waals surface area contributed by atoms with E-state index < -0.39 is 0 Å². The van der Waals surface area contributed by atoms with E-state index in [4.69, 9.17) is 4.74 Å². The van der Waals surface area contributed by atoms with E-state index in [-0.39, 0.29) is 12.1 Å². The Morgan fingerprint density at radius 2 is 2.38 bits per heavy atom. The minimum atomic E-state index is -0.0133. The van der Waals surface area contributed by atoms with Crippen LogP contribution in [0.1, 0.15) is 37.6 Å². The summed E-state index contributed by atoms with van der Waals surface area (Å²) >= 11 is 0. The van der Waals surface area contributed by atoms with Gasteiger partial charge in [0.2, 0.25) is 0 Å². The fourth-order valence-electron chi connectivity index (χ4n) is 3.13. The number of urea groups is 1. The van der Waals surface area contributed by atoms with Gasteiger partial charge < -0.3 is 19.9 Å². The van der Waals surface area contributed by atoms with Crippen molar-refractivity contribution in [2.24, 2.45) is 0 Å². The molecule has 0 bridgehead atoms. The van der Waals surface area contributed by atoms with E-state index in [1.54, 1.807) is 0 Å². The summed E-state index contributed by atoms with van der Waals surface area (Å²) in [5.74, 6) is 0.901. The minimum absolute atomic E-state index is 0.0133. The van der Waals surface area contributed by atoms with Gasteiger partial charge in [0.25, 0.3) is 0 Å². The number of amides is 2. The van der Waals surface area contributed by atoms with E-state index >= 15 is 0 Å². The highest BCUT2D eigenvalue weighted by Gasteiger charge is 2.23. The molecule has 1 aromatic carbocycles. The number of aryl methyl sites for hydroxylation is 1. The highest BCUT2D eigenvalue weighted by molar-refractivity contribution is 5.77. The number of carbonyl (C=O) groups excluding carboxylic acids is 1. The number of rotatable bonds is 5. The van der Waals surface area contributed by atoms with E-state index in [0.29, 0.717) is 13.1 Å². The number of likely N-dealkylation sites (tertiary alicyclic amines) is 1. The number of ether oxygens (including phenoxy) is 1. The summed E-state index contributed by atoms with van der Waals surface area (Å²) < 4.78 is 5.79. The van der Waals surface area contributed by atoms with Gasteiger partial charge in [-0.15, -0.1) is 0 Å². The number of fused-ring (bicyclic) bond motifs is 1. The summed E-state index contributed by atoms with van der Waals surface area (Å²) in [5, 5.41) is 3.01. The number of imidazole rings is 1. The Labute approximate surface area is 142 Å². The van der Waals surface area contributed by atoms with Crippen molar-refractivity contribution in [1.82, 2.24) is 20.2 Å². The lowest BCUT2D eigenvalue weighted by atomic mass is 10.1. The molecular weight excluding hydrogens is 304 g/mol. The Morgan fingerprint density at radius 3 is 3.21 bits per heavy atom. The molecule has 130 valence electrons. The molecule has 0 aliphatic carbocycles. The zero-order chi connectivity index (χ0) is 16.9. The molecule has 2 aromatic rings. The third kappa shape index (κ3) is 4.06. The second-order valence-electron chi connectivity index (χ2n) is 6.41. The first kappa shape index (κ1) is 16.8. The molecule has 1 atom stereocenters. The zero-order valence-electron chi connectivity index (χ0n) is 14.5. The predicted molar refractivity (Wildman–Crippen MR) is 93.9 cm³/mol. The van der Waals surface area contributed by atoms with Crippen molar-refractivity contribution in [3.8, 4) is 0 Å². The largest absolute Gasteiger partial charge is 0.376 e. The molecule has 6 nitrogen and oxygen atoms in total. The predicted octanol–water partition coefficient (Wildman–Crippen LogP) is 2.97. The molecule has 0 spiro atoms. The number of benzene rings is 1. The van der Waals surface area contributed by atoms with Crippen LogP contribution >= 0.6 is 0 Å². The summed E-state index contributed by atoms with van der Waals surface area (Å²) in [4.78, 5) is 21.9. The minimum Gasteiger partial charge on any atom is -0.376 e. The topological polar surface area (TPSA) is 70.2 Å². The van der Waals surface area contributed by atoms with Crippen LogP contribution < -0.4 is 5.32 Å². The molecular formula is C18H26N4O2. The van der Waals surface area contributed by atoms with Crippen LogP contribution in [0, 0.1) is 6.92 Å². The standard InChI is InChI=1S/C18H26N4O2/c1-3-9-24-15-5-4-8-22(12-15)18(23)19-11-14-6-7-16-17(10-14)21-13(2)20-16/h6-7,10,15H,3-5,8-9,11-12H2,1-2H3,(H,19,23)(H,20,21). The Kier molecular flexibility index (Phi) is 5.35. The zero-order valence-corrected chi connectivity index (χ0v) is 14.5. The Balaban J connectivity index is 1.53. The quantitative estimate of drug-likeness (QED) is 0.885. The van der Waals surface area contributed by atoms with E-state index in [2.05, 4.69) is 22.2 Å². The van der Waals surface area contributed by atoms with E-state index in [1.807, 2.05) is 30.0 Å². The Morgan fingerprint density at radius 1 is 1.50 bits per heavy atom. The molecule has 6 heteroatoms. The molecule has 2 amide bonds. The lowest BCUT2D eigenvalue weighted by molar-refractivity contribution is 0.0100. The van der Waals surface area contributed by atoms with Crippen molar-refractivity contribution in [3.05, 3.63) is 29.6 Å². The van der Waals surface area contributed by atoms with Crippen molar-refractivity contribution in [3.63, 3.8) is 0 Å². The van der Waals surface area contributed by atoms with Gasteiger partial charge in [-0.25, -0.2) is 9.78 Å². The number of hydrogen-bond acceptors (Lipinski definition) is 3. The van der Waals surface area contributed by atoms with Gasteiger partial charge in [-0.05, 0) is 43.9 Å². The first-order valence-corrected chi connectivity index (χ1v) is 8.75. The van der Waals surface area contributed by atoms with E-state index in [9.17, 15) is 4.79 Å². The van der Waals surface area contributed by atoms with Crippen LogP contribution in [0.2, 0.25) is 0 Å². The highest BCUT2D eigenvalue weighted by atomic mass is 16.5. The molecule has 24 heavy (non-hydrogen) atoms. The maximum Gasteiger partial charge on any atom is 0.317 e. The van der Waals surface area contributed by atoms with Crippen molar-refractivity contribution in [2.45, 2.75) is 45.8 Å². The molecule has 0 radical (unpaired) electrons. The van der Waals surface area contributed by atoms with Crippen LogP contribution in [0.5, 0.6) is 0 Å². The molecule has 0 saturated carbocycles. The number of hydrogen-bond donors (Lipinski definition) is 2.